The lowest BCUT2D eigenvalue weighted by Crippen LogP contribution is -2.55. The van der Waals surface area contributed by atoms with Crippen LogP contribution in [-0.2, 0) is 31.0 Å². The van der Waals surface area contributed by atoms with E-state index < -0.39 is 0 Å². The van der Waals surface area contributed by atoms with Gasteiger partial charge in [-0.2, -0.15) is 0 Å². The van der Waals surface area contributed by atoms with E-state index in [1.165, 1.54) is 142 Å². The summed E-state index contributed by atoms with van der Waals surface area (Å²) in [6, 6.07) is 59.6. The van der Waals surface area contributed by atoms with Gasteiger partial charge < -0.3 is 9.31 Å². The second kappa shape index (κ2) is 18.9. The first-order valence-electron chi connectivity index (χ1n) is 32.6. The first-order chi connectivity index (χ1) is 41.2. The van der Waals surface area contributed by atoms with Crippen LogP contribution < -0.4 is 5.46 Å². The molecular weight excluding hydrogens is 1150 g/mol. The summed E-state index contributed by atoms with van der Waals surface area (Å²) in [5.41, 5.74) is 26.8. The summed E-state index contributed by atoms with van der Waals surface area (Å²) in [7, 11) is -0.294. The zero-order chi connectivity index (χ0) is 58.8. The van der Waals surface area contributed by atoms with Crippen LogP contribution in [0.4, 0.5) is 0 Å². The van der Waals surface area contributed by atoms with Crippen molar-refractivity contribution in [2.75, 3.05) is 0 Å². The van der Waals surface area contributed by atoms with Crippen molar-refractivity contribution in [1.29, 1.82) is 0 Å². The number of hydrogen-bond donors (Lipinski definition) is 0. The third-order valence-corrected chi connectivity index (χ3v) is 26.2. The largest absolute Gasteiger partial charge is 0.494 e. The normalized spacial score (nSPS) is 30.2. The molecule has 0 unspecified atom stereocenters. The molecule has 0 radical (unpaired) electrons. The van der Waals surface area contributed by atoms with Crippen LogP contribution in [0.25, 0.3) is 55.6 Å². The van der Waals surface area contributed by atoms with Crippen LogP contribution in [0.15, 0.2) is 162 Å². The van der Waals surface area contributed by atoms with Gasteiger partial charge in [0.05, 0.1) is 11.2 Å². The molecule has 86 heavy (non-hydrogen) atoms. The van der Waals surface area contributed by atoms with Gasteiger partial charge in [0.15, 0.2) is 0 Å². The Hall–Kier alpha value is -5.20. The molecule has 8 saturated carbocycles. The lowest BCUT2D eigenvalue weighted by molar-refractivity contribution is -0.0399. The summed E-state index contributed by atoms with van der Waals surface area (Å²) >= 11 is 16.1. The highest BCUT2D eigenvalue weighted by Crippen LogP contribution is 2.71. The Bertz CT molecular complexity index is 4060. The van der Waals surface area contributed by atoms with Crippen molar-refractivity contribution in [2.24, 2.45) is 47.3 Å². The first-order valence-corrected chi connectivity index (χ1v) is 34.2. The second-order valence-corrected chi connectivity index (χ2v) is 32.5. The van der Waals surface area contributed by atoms with Gasteiger partial charge in [0.2, 0.25) is 0 Å². The van der Waals surface area contributed by atoms with E-state index in [4.69, 9.17) is 32.5 Å². The lowest BCUT2D eigenvalue weighted by Gasteiger charge is -2.61. The zero-order valence-electron chi connectivity index (χ0n) is 51.2. The molecule has 13 aliphatic rings. The van der Waals surface area contributed by atoms with Crippen LogP contribution in [0.3, 0.4) is 0 Å². The van der Waals surface area contributed by atoms with Gasteiger partial charge in [-0.3, -0.25) is 0 Å². The van der Waals surface area contributed by atoms with E-state index in [0.717, 1.165) is 67.3 Å². The maximum atomic E-state index is 6.42. The molecule has 0 atom stereocenters. The minimum Gasteiger partial charge on any atom is -0.399 e. The Morgan fingerprint density at radius 1 is 0.349 bits per heavy atom. The summed E-state index contributed by atoms with van der Waals surface area (Å²) in [4.78, 5) is 0. The SMILES string of the molecule is CC1(C)OB(c2ccc3c(c2)-c2ccccc2C32C3CC4CC(C3)CC2C4)OC1(C)C.CC1(C)c2cc(Cl)ccc2-c2ccc(-c3ccc4c(c3)-c3ccccc3C43C4CC5CC(C4)CC3C5)cc21.CC1(C)c2cc(Cl)ccc2-c2ccc(Br)cc21. The van der Waals surface area contributed by atoms with Crippen molar-refractivity contribution in [2.45, 2.75) is 152 Å². The molecule has 21 rings (SSSR count). The molecule has 12 aliphatic carbocycles. The second-order valence-electron chi connectivity index (χ2n) is 30.7. The van der Waals surface area contributed by atoms with E-state index in [1.54, 1.807) is 22.3 Å². The Kier molecular flexibility index (Phi) is 12.1. The van der Waals surface area contributed by atoms with E-state index in [0.29, 0.717) is 0 Å². The van der Waals surface area contributed by atoms with Crippen LogP contribution in [0, 0.1) is 47.3 Å². The molecule has 8 aromatic carbocycles. The molecule has 1 saturated heterocycles. The average molecular weight is 1230 g/mol. The Labute approximate surface area is 529 Å². The maximum absolute atomic E-state index is 6.42. The molecular formula is C80H78BBrCl2O2. The van der Waals surface area contributed by atoms with Crippen LogP contribution in [-0.4, -0.2) is 18.3 Å². The van der Waals surface area contributed by atoms with Gasteiger partial charge in [0, 0.05) is 36.2 Å². The minimum absolute atomic E-state index is 0.0271. The van der Waals surface area contributed by atoms with E-state index in [2.05, 4.69) is 217 Å². The summed E-state index contributed by atoms with van der Waals surface area (Å²) in [5, 5.41) is 1.63. The minimum atomic E-state index is -0.308. The first kappa shape index (κ1) is 54.9. The maximum Gasteiger partial charge on any atom is 0.494 e. The fourth-order valence-corrected chi connectivity index (χ4v) is 21.9. The Morgan fingerprint density at radius 2 is 0.709 bits per heavy atom. The standard InChI is InChI=1S/C37H33Cl.C28H33BO2.C15H12BrCl/c1-36(2)34-19-24(7-10-29(34)30-11-9-27(38)20-35(30)36)23-8-12-33-31(18-23)28-5-3-4-6-32(28)37(33)25-14-21-13-22(16-25)17-26(37)15-21;1-26(2)27(3,4)31-29(30-26)21-9-10-25-23(16-21)22-7-5-6-8-24(22)28(25)19-12-17-11-18(14-19)15-20(28)13-17;1-15(2)13-7-9(16)3-5-11(13)12-6-4-10(17)8-14(12)15/h3-12,18-22,25-26H,13-17H2,1-2H3;5-10,16-20H,11-15H2,1-4H3;3-8H,1-2H3. The molecule has 1 heterocycles. The number of rotatable bonds is 2. The molecule has 0 aromatic heterocycles. The lowest BCUT2D eigenvalue weighted by atomic mass is 9.43. The van der Waals surface area contributed by atoms with Crippen LogP contribution >= 0.6 is 39.1 Å². The molecule has 8 aromatic rings. The fourth-order valence-electron chi connectivity index (χ4n) is 21.2. The van der Waals surface area contributed by atoms with Gasteiger partial charge in [-0.25, -0.2) is 0 Å². The molecule has 0 N–H and O–H groups in total. The van der Waals surface area contributed by atoms with Crippen molar-refractivity contribution in [3.63, 3.8) is 0 Å². The molecule has 0 amide bonds. The van der Waals surface area contributed by atoms with Crippen molar-refractivity contribution in [3.05, 3.63) is 217 Å². The van der Waals surface area contributed by atoms with Crippen molar-refractivity contribution >= 4 is 51.7 Å². The molecule has 434 valence electrons. The number of benzene rings is 8. The molecule has 8 bridgehead atoms. The highest BCUT2D eigenvalue weighted by atomic mass is 79.9. The van der Waals surface area contributed by atoms with Crippen LogP contribution in [0.1, 0.15) is 164 Å². The molecule has 1 aliphatic heterocycles. The van der Waals surface area contributed by atoms with E-state index >= 15 is 0 Å². The van der Waals surface area contributed by atoms with Crippen molar-refractivity contribution in [3.8, 4) is 55.6 Å². The van der Waals surface area contributed by atoms with E-state index in [-0.39, 0.29) is 40.0 Å². The van der Waals surface area contributed by atoms with Gasteiger partial charge in [-0.1, -0.05) is 176 Å². The highest BCUT2D eigenvalue weighted by Gasteiger charge is 2.63. The summed E-state index contributed by atoms with van der Waals surface area (Å²) in [5.74, 6) is 7.18. The van der Waals surface area contributed by atoms with Crippen molar-refractivity contribution in [1.82, 2.24) is 0 Å². The Morgan fingerprint density at radius 3 is 1.20 bits per heavy atom. The smallest absolute Gasteiger partial charge is 0.399 e. The quantitative estimate of drug-likeness (QED) is 0.161. The third kappa shape index (κ3) is 7.64. The van der Waals surface area contributed by atoms with Gasteiger partial charge in [0.25, 0.3) is 0 Å². The van der Waals surface area contributed by atoms with Gasteiger partial charge in [0.1, 0.15) is 0 Å². The Balaban J connectivity index is 0.000000108. The average Bonchev–Trinajstić information content (AvgIpc) is 1.46. The summed E-state index contributed by atoms with van der Waals surface area (Å²) in [6.45, 7) is 17.7. The van der Waals surface area contributed by atoms with Gasteiger partial charge >= 0.3 is 7.12 Å². The van der Waals surface area contributed by atoms with Gasteiger partial charge in [-0.15, -0.1) is 0 Å². The third-order valence-electron chi connectivity index (χ3n) is 25.2. The monoisotopic (exact) mass is 1230 g/mol. The zero-order valence-corrected chi connectivity index (χ0v) is 54.3. The topological polar surface area (TPSA) is 18.5 Å². The van der Waals surface area contributed by atoms with Crippen LogP contribution in [0.2, 0.25) is 10.0 Å². The fraction of sp³-hybridized carbons (Fsp3) is 0.400. The number of hydrogen-bond acceptors (Lipinski definition) is 2. The highest BCUT2D eigenvalue weighted by molar-refractivity contribution is 9.10. The summed E-state index contributed by atoms with van der Waals surface area (Å²) < 4.78 is 13.9. The molecule has 2 nitrogen and oxygen atoms in total. The molecule has 2 spiro atoms. The van der Waals surface area contributed by atoms with E-state index in [9.17, 15) is 0 Å². The predicted molar refractivity (Wildman–Crippen MR) is 360 cm³/mol. The van der Waals surface area contributed by atoms with E-state index in [1.807, 2.05) is 12.1 Å². The number of fused-ring (bicyclic) bond motifs is 12. The summed E-state index contributed by atoms with van der Waals surface area (Å²) in [6.07, 6.45) is 14.5. The van der Waals surface area contributed by atoms with Crippen LogP contribution in [0.5, 0.6) is 0 Å². The molecule has 9 fully saturated rings. The predicted octanol–water partition coefficient (Wildman–Crippen LogP) is 21.2. The van der Waals surface area contributed by atoms with Gasteiger partial charge in [-0.05, 0) is 293 Å². The number of halogens is 3. The molecule has 6 heteroatoms. The van der Waals surface area contributed by atoms with Crippen molar-refractivity contribution < 1.29 is 9.31 Å².